The maximum absolute atomic E-state index is 5.66. The number of nitrogens with one attached hydrogen (secondary N) is 1. The van der Waals surface area contributed by atoms with E-state index in [1.807, 2.05) is 48.8 Å². The highest BCUT2D eigenvalue weighted by Gasteiger charge is 2.40. The summed E-state index contributed by atoms with van der Waals surface area (Å²) in [5, 5.41) is 4.19. The van der Waals surface area contributed by atoms with Crippen molar-refractivity contribution in [2.75, 3.05) is 20.3 Å². The first-order valence-electron chi connectivity index (χ1n) is 9.30. The van der Waals surface area contributed by atoms with Crippen molar-refractivity contribution in [2.24, 2.45) is 0 Å². The minimum atomic E-state index is -0.0251. The van der Waals surface area contributed by atoms with Crippen molar-refractivity contribution in [3.05, 3.63) is 84.2 Å². The SMILES string of the molecule is COCCN1C(=S)N[C@@H](c2ccccn2)[C@@H]1c1cccn1Cc1ccccn1. The molecular weight excluding hydrogens is 370 g/mol. The van der Waals surface area contributed by atoms with E-state index in [0.29, 0.717) is 19.7 Å². The summed E-state index contributed by atoms with van der Waals surface area (Å²) in [6.45, 7) is 2.03. The Morgan fingerprint density at radius 3 is 2.61 bits per heavy atom. The molecule has 144 valence electrons. The largest absolute Gasteiger partial charge is 0.383 e. The quantitative estimate of drug-likeness (QED) is 0.623. The predicted octanol–water partition coefficient (Wildman–Crippen LogP) is 2.95. The highest BCUT2D eigenvalue weighted by atomic mass is 32.1. The fourth-order valence-corrected chi connectivity index (χ4v) is 4.00. The van der Waals surface area contributed by atoms with E-state index in [1.165, 1.54) is 5.69 Å². The van der Waals surface area contributed by atoms with Crippen LogP contribution in [0.15, 0.2) is 67.1 Å². The molecule has 6 nitrogen and oxygen atoms in total. The zero-order chi connectivity index (χ0) is 19.3. The molecule has 0 unspecified atom stereocenters. The fraction of sp³-hybridized carbons (Fsp3) is 0.286. The Hall–Kier alpha value is -2.77. The minimum absolute atomic E-state index is 0.0243. The van der Waals surface area contributed by atoms with E-state index >= 15 is 0 Å². The molecule has 1 saturated heterocycles. The Labute approximate surface area is 170 Å². The second kappa shape index (κ2) is 8.50. The number of methoxy groups -OCH3 is 1. The van der Waals surface area contributed by atoms with Crippen LogP contribution in [0.4, 0.5) is 0 Å². The molecule has 1 N–H and O–H groups in total. The lowest BCUT2D eigenvalue weighted by molar-refractivity contribution is 0.162. The van der Waals surface area contributed by atoms with Gasteiger partial charge >= 0.3 is 0 Å². The van der Waals surface area contributed by atoms with E-state index in [9.17, 15) is 0 Å². The molecule has 7 heteroatoms. The third-order valence-corrected chi connectivity index (χ3v) is 5.31. The van der Waals surface area contributed by atoms with Crippen molar-refractivity contribution >= 4 is 17.3 Å². The highest BCUT2D eigenvalue weighted by Crippen LogP contribution is 2.38. The maximum Gasteiger partial charge on any atom is 0.170 e. The smallest absolute Gasteiger partial charge is 0.170 e. The van der Waals surface area contributed by atoms with Gasteiger partial charge in [-0.2, -0.15) is 0 Å². The second-order valence-corrected chi connectivity index (χ2v) is 7.08. The van der Waals surface area contributed by atoms with Crippen molar-refractivity contribution in [3.63, 3.8) is 0 Å². The van der Waals surface area contributed by atoms with Crippen molar-refractivity contribution in [1.29, 1.82) is 0 Å². The van der Waals surface area contributed by atoms with Crippen molar-refractivity contribution in [2.45, 2.75) is 18.6 Å². The van der Waals surface area contributed by atoms with Crippen molar-refractivity contribution < 1.29 is 4.74 Å². The summed E-state index contributed by atoms with van der Waals surface area (Å²) in [7, 11) is 1.71. The minimum Gasteiger partial charge on any atom is -0.383 e. The van der Waals surface area contributed by atoms with Crippen molar-refractivity contribution in [3.8, 4) is 0 Å². The number of ether oxygens (including phenoxy) is 1. The summed E-state index contributed by atoms with van der Waals surface area (Å²) in [6, 6.07) is 16.2. The summed E-state index contributed by atoms with van der Waals surface area (Å²) in [5.74, 6) is 0. The Balaban J connectivity index is 1.70. The molecule has 0 aromatic carbocycles. The molecule has 3 aromatic heterocycles. The zero-order valence-electron chi connectivity index (χ0n) is 15.7. The van der Waals surface area contributed by atoms with Gasteiger partial charge in [-0.25, -0.2) is 0 Å². The van der Waals surface area contributed by atoms with Crippen LogP contribution in [0.25, 0.3) is 0 Å². The van der Waals surface area contributed by atoms with Crippen LogP contribution < -0.4 is 5.32 Å². The lowest BCUT2D eigenvalue weighted by Crippen LogP contribution is -2.33. The predicted molar refractivity (Wildman–Crippen MR) is 112 cm³/mol. The normalized spacial score (nSPS) is 19.0. The molecule has 0 radical (unpaired) electrons. The van der Waals surface area contributed by atoms with Gasteiger partial charge in [0, 0.05) is 37.9 Å². The van der Waals surface area contributed by atoms with E-state index in [-0.39, 0.29) is 12.1 Å². The topological polar surface area (TPSA) is 55.2 Å². The van der Waals surface area contributed by atoms with Crippen LogP contribution in [0.2, 0.25) is 0 Å². The first kappa shape index (κ1) is 18.6. The summed E-state index contributed by atoms with van der Waals surface area (Å²) in [5.41, 5.74) is 3.16. The van der Waals surface area contributed by atoms with E-state index in [1.54, 1.807) is 7.11 Å². The van der Waals surface area contributed by atoms with Crippen LogP contribution in [0, 0.1) is 0 Å². The molecule has 0 bridgehead atoms. The molecule has 0 saturated carbocycles. The molecule has 2 atom stereocenters. The third-order valence-electron chi connectivity index (χ3n) is 4.96. The van der Waals surface area contributed by atoms with Gasteiger partial charge in [0.2, 0.25) is 0 Å². The number of hydrogen-bond donors (Lipinski definition) is 1. The Morgan fingerprint density at radius 2 is 1.89 bits per heavy atom. The van der Waals surface area contributed by atoms with Crippen LogP contribution in [-0.2, 0) is 11.3 Å². The van der Waals surface area contributed by atoms with Gasteiger partial charge in [0.05, 0.1) is 36.6 Å². The van der Waals surface area contributed by atoms with Crippen LogP contribution >= 0.6 is 12.2 Å². The van der Waals surface area contributed by atoms with E-state index in [0.717, 1.165) is 16.5 Å². The van der Waals surface area contributed by atoms with Crippen LogP contribution in [0.1, 0.15) is 29.2 Å². The molecule has 3 aromatic rings. The van der Waals surface area contributed by atoms with Gasteiger partial charge in [0.1, 0.15) is 0 Å². The average molecular weight is 394 g/mol. The van der Waals surface area contributed by atoms with Gasteiger partial charge in [0.15, 0.2) is 5.11 Å². The molecule has 1 fully saturated rings. The number of rotatable bonds is 7. The monoisotopic (exact) mass is 393 g/mol. The molecule has 0 aliphatic carbocycles. The molecule has 1 aliphatic rings. The molecule has 1 aliphatic heterocycles. The molecule has 4 rings (SSSR count). The Bertz CT molecular complexity index is 915. The zero-order valence-corrected chi connectivity index (χ0v) is 16.5. The summed E-state index contributed by atoms with van der Waals surface area (Å²) in [6.07, 6.45) is 5.74. The van der Waals surface area contributed by atoms with Crippen LogP contribution in [0.5, 0.6) is 0 Å². The number of hydrogen-bond acceptors (Lipinski definition) is 4. The molecular formula is C21H23N5OS. The van der Waals surface area contributed by atoms with Crippen LogP contribution in [0.3, 0.4) is 0 Å². The second-order valence-electron chi connectivity index (χ2n) is 6.69. The lowest BCUT2D eigenvalue weighted by Gasteiger charge is -2.28. The first-order valence-corrected chi connectivity index (χ1v) is 9.70. The fourth-order valence-electron chi connectivity index (χ4n) is 3.66. The summed E-state index contributed by atoms with van der Waals surface area (Å²) >= 11 is 5.66. The van der Waals surface area contributed by atoms with E-state index in [2.05, 4.69) is 43.1 Å². The third kappa shape index (κ3) is 3.76. The molecule has 0 spiro atoms. The summed E-state index contributed by atoms with van der Waals surface area (Å²) < 4.78 is 7.56. The molecule has 28 heavy (non-hydrogen) atoms. The lowest BCUT2D eigenvalue weighted by atomic mass is 10.0. The van der Waals surface area contributed by atoms with Gasteiger partial charge in [-0.05, 0) is 48.6 Å². The summed E-state index contributed by atoms with van der Waals surface area (Å²) in [4.78, 5) is 11.3. The average Bonchev–Trinajstić information content (AvgIpc) is 3.31. The highest BCUT2D eigenvalue weighted by molar-refractivity contribution is 7.80. The van der Waals surface area contributed by atoms with Gasteiger partial charge in [0.25, 0.3) is 0 Å². The Kier molecular flexibility index (Phi) is 5.64. The number of pyridine rings is 2. The molecule has 4 heterocycles. The van der Waals surface area contributed by atoms with Gasteiger partial charge < -0.3 is 19.5 Å². The van der Waals surface area contributed by atoms with Crippen molar-refractivity contribution in [1.82, 2.24) is 24.8 Å². The van der Waals surface area contributed by atoms with Gasteiger partial charge in [-0.1, -0.05) is 12.1 Å². The Morgan fingerprint density at radius 1 is 1.07 bits per heavy atom. The van der Waals surface area contributed by atoms with Gasteiger partial charge in [-0.3, -0.25) is 9.97 Å². The van der Waals surface area contributed by atoms with Crippen LogP contribution in [-0.4, -0.2) is 44.8 Å². The maximum atomic E-state index is 5.66. The first-order chi connectivity index (χ1) is 13.8. The number of aromatic nitrogens is 3. The number of thiocarbonyl (C=S) groups is 1. The van der Waals surface area contributed by atoms with E-state index in [4.69, 9.17) is 17.0 Å². The standard InChI is InChI=1S/C21H23N5OS/c1-27-14-13-26-20(19(24-21(26)28)17-8-3-5-11-23-17)18-9-6-12-25(18)15-16-7-2-4-10-22-16/h2-12,19-20H,13-15H2,1H3,(H,24,28)/t19-,20-/m0/s1. The number of nitrogens with zero attached hydrogens (tertiary/aromatic N) is 4. The molecule has 0 amide bonds. The van der Waals surface area contributed by atoms with Gasteiger partial charge in [-0.15, -0.1) is 0 Å². The van der Waals surface area contributed by atoms with E-state index < -0.39 is 0 Å².